The number of hydrogen-bond acceptors (Lipinski definition) is 1. The molecule has 1 heterocycles. The van der Waals surface area contributed by atoms with E-state index in [2.05, 4.69) is 43.7 Å². The van der Waals surface area contributed by atoms with Crippen LogP contribution >= 0.6 is 0 Å². The Morgan fingerprint density at radius 3 is 2.80 bits per heavy atom. The molecule has 1 aliphatic rings. The molecule has 1 aromatic heterocycles. The van der Waals surface area contributed by atoms with Crippen LogP contribution in [0.5, 0.6) is 0 Å². The molecular weight excluding hydrogens is 311 g/mol. The zero-order chi connectivity index (χ0) is 18.0. The third kappa shape index (κ3) is 3.51. The van der Waals surface area contributed by atoms with Crippen LogP contribution in [0.3, 0.4) is 0 Å². The van der Waals surface area contributed by atoms with E-state index >= 15 is 0 Å². The van der Waals surface area contributed by atoms with Gasteiger partial charge < -0.3 is 10.3 Å². The minimum Gasteiger partial charge on any atom is -0.382 e. The SMILES string of the molecule is C=C1CCCCc2[nH]c3cc(F)cc(/C(=C/CC)NC(C)CC)c3c21. The highest BCUT2D eigenvalue weighted by molar-refractivity contribution is 6.01. The van der Waals surface area contributed by atoms with Crippen LogP contribution in [0.4, 0.5) is 4.39 Å². The van der Waals surface area contributed by atoms with E-state index in [9.17, 15) is 4.39 Å². The van der Waals surface area contributed by atoms with Gasteiger partial charge in [0, 0.05) is 39.5 Å². The summed E-state index contributed by atoms with van der Waals surface area (Å²) in [5.74, 6) is -0.197. The highest BCUT2D eigenvalue weighted by atomic mass is 19.1. The van der Waals surface area contributed by atoms with Crippen LogP contribution in [0.15, 0.2) is 24.8 Å². The lowest BCUT2D eigenvalue weighted by molar-refractivity contribution is 0.622. The Morgan fingerprint density at radius 1 is 1.32 bits per heavy atom. The summed E-state index contributed by atoms with van der Waals surface area (Å²) in [4.78, 5) is 3.48. The zero-order valence-corrected chi connectivity index (χ0v) is 15.6. The molecule has 1 aliphatic carbocycles. The van der Waals surface area contributed by atoms with E-state index in [0.717, 1.165) is 54.3 Å². The van der Waals surface area contributed by atoms with Crippen molar-refractivity contribution < 1.29 is 4.39 Å². The molecule has 1 aromatic carbocycles. The summed E-state index contributed by atoms with van der Waals surface area (Å²) in [5, 5.41) is 4.71. The molecule has 0 bridgehead atoms. The van der Waals surface area contributed by atoms with Crippen LogP contribution in [0.1, 0.15) is 69.7 Å². The molecule has 2 aromatic rings. The third-order valence-electron chi connectivity index (χ3n) is 5.16. The van der Waals surface area contributed by atoms with Gasteiger partial charge in [0.05, 0.1) is 0 Å². The Bertz CT molecular complexity index is 813. The maximum Gasteiger partial charge on any atom is 0.125 e. The molecule has 0 aliphatic heterocycles. The normalized spacial score (nSPS) is 16.6. The van der Waals surface area contributed by atoms with E-state index in [-0.39, 0.29) is 5.82 Å². The number of halogens is 1. The predicted molar refractivity (Wildman–Crippen MR) is 106 cm³/mol. The van der Waals surface area contributed by atoms with Gasteiger partial charge in [-0.3, -0.25) is 0 Å². The standard InChI is InChI=1S/C22H29FN2/c1-5-9-18(24-15(4)6-2)17-12-16(23)13-20-22(17)21-14(3)10-7-8-11-19(21)25-20/h9,12-13,15,24-25H,3,5-8,10-11H2,1-2,4H3/b18-9-. The maximum atomic E-state index is 14.4. The average Bonchev–Trinajstić information content (AvgIpc) is 2.85. The van der Waals surface area contributed by atoms with E-state index < -0.39 is 0 Å². The van der Waals surface area contributed by atoms with Crippen molar-refractivity contribution in [2.24, 2.45) is 0 Å². The third-order valence-corrected chi connectivity index (χ3v) is 5.16. The van der Waals surface area contributed by atoms with Gasteiger partial charge >= 0.3 is 0 Å². The first-order valence-electron chi connectivity index (χ1n) is 9.54. The summed E-state index contributed by atoms with van der Waals surface area (Å²) in [6.45, 7) is 10.8. The van der Waals surface area contributed by atoms with Gasteiger partial charge in [-0.1, -0.05) is 26.5 Å². The lowest BCUT2D eigenvalue weighted by Crippen LogP contribution is -2.23. The molecule has 134 valence electrons. The summed E-state index contributed by atoms with van der Waals surface area (Å²) >= 11 is 0. The van der Waals surface area contributed by atoms with Crippen molar-refractivity contribution in [3.8, 4) is 0 Å². The van der Waals surface area contributed by atoms with Crippen molar-refractivity contribution in [1.29, 1.82) is 0 Å². The zero-order valence-electron chi connectivity index (χ0n) is 15.6. The molecule has 1 unspecified atom stereocenters. The van der Waals surface area contributed by atoms with E-state index in [1.54, 1.807) is 12.1 Å². The smallest absolute Gasteiger partial charge is 0.125 e. The van der Waals surface area contributed by atoms with Gasteiger partial charge in [-0.15, -0.1) is 0 Å². The van der Waals surface area contributed by atoms with E-state index in [1.165, 1.54) is 23.3 Å². The summed E-state index contributed by atoms with van der Waals surface area (Å²) < 4.78 is 14.4. The Labute approximate surface area is 150 Å². The molecular formula is C22H29FN2. The van der Waals surface area contributed by atoms with Crippen LogP contribution in [0.2, 0.25) is 0 Å². The molecule has 0 saturated heterocycles. The molecule has 0 spiro atoms. The number of fused-ring (bicyclic) bond motifs is 3. The number of aryl methyl sites for hydroxylation is 1. The minimum atomic E-state index is -0.197. The first-order chi connectivity index (χ1) is 12.0. The van der Waals surface area contributed by atoms with Crippen LogP contribution < -0.4 is 5.32 Å². The second-order valence-corrected chi connectivity index (χ2v) is 7.14. The number of aromatic nitrogens is 1. The summed E-state index contributed by atoms with van der Waals surface area (Å²) in [6, 6.07) is 3.64. The van der Waals surface area contributed by atoms with Crippen LogP contribution in [0, 0.1) is 5.82 Å². The number of H-pyrrole nitrogens is 1. The topological polar surface area (TPSA) is 27.8 Å². The molecule has 0 radical (unpaired) electrons. The van der Waals surface area contributed by atoms with Crippen molar-refractivity contribution in [3.05, 3.63) is 47.4 Å². The van der Waals surface area contributed by atoms with E-state index in [4.69, 9.17) is 0 Å². The first kappa shape index (κ1) is 17.8. The molecule has 2 N–H and O–H groups in total. The fourth-order valence-corrected chi connectivity index (χ4v) is 3.72. The van der Waals surface area contributed by atoms with Gasteiger partial charge in [-0.2, -0.15) is 0 Å². The molecule has 1 atom stereocenters. The van der Waals surface area contributed by atoms with E-state index in [0.29, 0.717) is 6.04 Å². The Hall–Kier alpha value is -2.03. The minimum absolute atomic E-state index is 0.197. The van der Waals surface area contributed by atoms with Crippen molar-refractivity contribution in [2.75, 3.05) is 0 Å². The Morgan fingerprint density at radius 2 is 2.08 bits per heavy atom. The summed E-state index contributed by atoms with van der Waals surface area (Å²) in [7, 11) is 0. The largest absolute Gasteiger partial charge is 0.382 e. The second kappa shape index (κ2) is 7.47. The fraction of sp³-hybridized carbons (Fsp3) is 0.455. The molecule has 0 amide bonds. The molecule has 3 heteroatoms. The van der Waals surface area contributed by atoms with Gasteiger partial charge in [0.15, 0.2) is 0 Å². The Kier molecular flexibility index (Phi) is 5.31. The van der Waals surface area contributed by atoms with Gasteiger partial charge in [0.25, 0.3) is 0 Å². The maximum absolute atomic E-state index is 14.4. The lowest BCUT2D eigenvalue weighted by Gasteiger charge is -2.19. The number of hydrogen-bond donors (Lipinski definition) is 2. The van der Waals surface area contributed by atoms with Gasteiger partial charge in [-0.25, -0.2) is 4.39 Å². The summed E-state index contributed by atoms with van der Waals surface area (Å²) in [5.41, 5.74) is 6.47. The average molecular weight is 340 g/mol. The van der Waals surface area contributed by atoms with Crippen molar-refractivity contribution in [3.63, 3.8) is 0 Å². The number of nitrogens with one attached hydrogen (secondary N) is 2. The fourth-order valence-electron chi connectivity index (χ4n) is 3.72. The lowest BCUT2D eigenvalue weighted by atomic mass is 9.96. The monoisotopic (exact) mass is 340 g/mol. The van der Waals surface area contributed by atoms with Crippen LogP contribution in [-0.2, 0) is 6.42 Å². The molecule has 25 heavy (non-hydrogen) atoms. The molecule has 3 rings (SSSR count). The number of rotatable bonds is 5. The highest BCUT2D eigenvalue weighted by Crippen LogP contribution is 2.38. The number of aromatic amines is 1. The number of allylic oxidation sites excluding steroid dienone is 2. The summed E-state index contributed by atoms with van der Waals surface area (Å²) in [6.07, 6.45) is 8.45. The van der Waals surface area contributed by atoms with Gasteiger partial charge in [0.2, 0.25) is 0 Å². The molecule has 0 fully saturated rings. The van der Waals surface area contributed by atoms with Crippen LogP contribution in [-0.4, -0.2) is 11.0 Å². The van der Waals surface area contributed by atoms with Gasteiger partial charge in [-0.05, 0) is 63.2 Å². The Balaban J connectivity index is 2.24. The predicted octanol–water partition coefficient (Wildman–Crippen LogP) is 6.19. The van der Waals surface area contributed by atoms with Crippen molar-refractivity contribution in [1.82, 2.24) is 10.3 Å². The first-order valence-corrected chi connectivity index (χ1v) is 9.54. The van der Waals surface area contributed by atoms with Gasteiger partial charge in [0.1, 0.15) is 5.82 Å². The van der Waals surface area contributed by atoms with Crippen molar-refractivity contribution >= 4 is 22.2 Å². The number of benzene rings is 1. The highest BCUT2D eigenvalue weighted by Gasteiger charge is 2.22. The van der Waals surface area contributed by atoms with Crippen molar-refractivity contribution in [2.45, 2.75) is 65.3 Å². The quantitative estimate of drug-likeness (QED) is 0.624. The molecule has 0 saturated carbocycles. The van der Waals surface area contributed by atoms with E-state index in [1.807, 2.05) is 0 Å². The van der Waals surface area contributed by atoms with Crippen LogP contribution in [0.25, 0.3) is 22.2 Å². The molecule has 2 nitrogen and oxygen atoms in total. The second-order valence-electron chi connectivity index (χ2n) is 7.14.